The molecule has 200 valence electrons. The molecule has 0 spiro atoms. The number of pyridine rings is 1. The van der Waals surface area contributed by atoms with Crippen LogP contribution in [0.15, 0.2) is 103 Å². The summed E-state index contributed by atoms with van der Waals surface area (Å²) in [6.07, 6.45) is 9.24. The first-order chi connectivity index (χ1) is 19.1. The van der Waals surface area contributed by atoms with E-state index in [0.717, 1.165) is 42.9 Å². The third-order valence-corrected chi connectivity index (χ3v) is 7.35. The number of nitrogens with one attached hydrogen (secondary N) is 1. The summed E-state index contributed by atoms with van der Waals surface area (Å²) >= 11 is 0. The maximum Gasteiger partial charge on any atom is 0.331 e. The number of allylic oxidation sites excluding steroid dienone is 2. The smallest absolute Gasteiger partial charge is 0.331 e. The number of benzene rings is 2. The van der Waals surface area contributed by atoms with Gasteiger partial charge in [0.2, 0.25) is 5.91 Å². The van der Waals surface area contributed by atoms with E-state index in [9.17, 15) is 14.7 Å². The lowest BCUT2D eigenvalue weighted by Gasteiger charge is -2.33. The Morgan fingerprint density at radius 1 is 0.974 bits per heavy atom. The Kier molecular flexibility index (Phi) is 8.48. The fourth-order valence-electron chi connectivity index (χ4n) is 5.16. The molecule has 3 aromatic rings. The highest BCUT2D eigenvalue weighted by molar-refractivity contribution is 5.98. The Morgan fingerprint density at radius 2 is 1.64 bits per heavy atom. The van der Waals surface area contributed by atoms with E-state index < -0.39 is 11.9 Å². The monoisotopic (exact) mass is 523 g/mol. The SMILES string of the molecule is O=C(O)C1=CC=CC(OCC2CCN(c3ccc(NC(=O)C(c4ccccc4)c4ccccc4)cn3)CC2)C1. The second kappa shape index (κ2) is 12.5. The van der Waals surface area contributed by atoms with Crippen molar-refractivity contribution >= 4 is 23.4 Å². The van der Waals surface area contributed by atoms with Crippen LogP contribution in [0.3, 0.4) is 0 Å². The maximum atomic E-state index is 13.4. The Hall–Kier alpha value is -4.23. The van der Waals surface area contributed by atoms with Gasteiger partial charge in [0.15, 0.2) is 0 Å². The first-order valence-electron chi connectivity index (χ1n) is 13.4. The Labute approximate surface area is 228 Å². The molecule has 1 unspecified atom stereocenters. The first kappa shape index (κ1) is 26.4. The zero-order chi connectivity index (χ0) is 27.0. The number of piperidine rings is 1. The van der Waals surface area contributed by atoms with E-state index in [1.807, 2.05) is 78.9 Å². The Bertz CT molecular complexity index is 1280. The molecule has 1 aliphatic heterocycles. The van der Waals surface area contributed by atoms with Crippen molar-refractivity contribution in [3.63, 3.8) is 0 Å². The average Bonchev–Trinajstić information content (AvgIpc) is 2.98. The number of ether oxygens (including phenoxy) is 1. The number of aliphatic carboxylic acids is 1. The van der Waals surface area contributed by atoms with Gasteiger partial charge in [0, 0.05) is 25.1 Å². The fourth-order valence-corrected chi connectivity index (χ4v) is 5.16. The lowest BCUT2D eigenvalue weighted by Crippen LogP contribution is -2.36. The molecule has 1 amide bonds. The Balaban J connectivity index is 1.13. The van der Waals surface area contributed by atoms with Crippen LogP contribution in [0.25, 0.3) is 0 Å². The van der Waals surface area contributed by atoms with Gasteiger partial charge in [-0.05, 0) is 42.0 Å². The van der Waals surface area contributed by atoms with E-state index in [0.29, 0.717) is 30.2 Å². The number of carboxylic acid groups (broad SMARTS) is 1. The van der Waals surface area contributed by atoms with Crippen LogP contribution in [0, 0.1) is 5.92 Å². The normalized spacial score (nSPS) is 17.6. The second-order valence-electron chi connectivity index (χ2n) is 10.0. The number of nitrogens with zero attached hydrogens (tertiary/aromatic N) is 2. The van der Waals surface area contributed by atoms with Crippen LogP contribution in [0.4, 0.5) is 11.5 Å². The maximum absolute atomic E-state index is 13.4. The van der Waals surface area contributed by atoms with Crippen LogP contribution >= 0.6 is 0 Å². The standard InChI is InChI=1S/C32H33N3O4/c36-31(30(24-8-3-1-4-9-24)25-10-5-2-6-11-25)34-27-14-15-29(33-21-27)35-18-16-23(17-19-35)22-39-28-13-7-12-26(20-28)32(37)38/h1-15,21,23,28,30H,16-20,22H2,(H,34,36)(H,37,38). The minimum absolute atomic E-state index is 0.0958. The number of hydrogen-bond acceptors (Lipinski definition) is 5. The second-order valence-corrected chi connectivity index (χ2v) is 10.0. The number of anilines is 2. The van der Waals surface area contributed by atoms with Crippen molar-refractivity contribution in [3.8, 4) is 0 Å². The lowest BCUT2D eigenvalue weighted by atomic mass is 9.90. The van der Waals surface area contributed by atoms with E-state index in [2.05, 4.69) is 15.2 Å². The zero-order valence-corrected chi connectivity index (χ0v) is 21.8. The highest BCUT2D eigenvalue weighted by atomic mass is 16.5. The predicted molar refractivity (Wildman–Crippen MR) is 152 cm³/mol. The van der Waals surface area contributed by atoms with Crippen molar-refractivity contribution in [3.05, 3.63) is 114 Å². The molecule has 2 aliphatic rings. The van der Waals surface area contributed by atoms with Crippen LogP contribution in [-0.4, -0.2) is 47.8 Å². The summed E-state index contributed by atoms with van der Waals surface area (Å²) in [6, 6.07) is 23.5. The highest BCUT2D eigenvalue weighted by Crippen LogP contribution is 2.28. The van der Waals surface area contributed by atoms with Crippen LogP contribution in [0.5, 0.6) is 0 Å². The summed E-state index contributed by atoms with van der Waals surface area (Å²) in [5, 5.41) is 12.3. The summed E-state index contributed by atoms with van der Waals surface area (Å²) in [5.41, 5.74) is 2.93. The number of rotatable bonds is 9. The third-order valence-electron chi connectivity index (χ3n) is 7.35. The topological polar surface area (TPSA) is 91.8 Å². The van der Waals surface area contributed by atoms with Crippen LogP contribution in [0.1, 0.15) is 36.3 Å². The molecule has 1 aromatic heterocycles. The fraction of sp³-hybridized carbons (Fsp3) is 0.281. The van der Waals surface area contributed by atoms with Gasteiger partial charge in [0.1, 0.15) is 5.82 Å². The summed E-state index contributed by atoms with van der Waals surface area (Å²) < 4.78 is 6.01. The molecule has 7 nitrogen and oxygen atoms in total. The van der Waals surface area contributed by atoms with Crippen molar-refractivity contribution in [2.45, 2.75) is 31.3 Å². The summed E-state index contributed by atoms with van der Waals surface area (Å²) in [6.45, 7) is 2.37. The van der Waals surface area contributed by atoms with Gasteiger partial charge >= 0.3 is 5.97 Å². The van der Waals surface area contributed by atoms with Crippen molar-refractivity contribution in [2.24, 2.45) is 5.92 Å². The van der Waals surface area contributed by atoms with Gasteiger partial charge in [-0.15, -0.1) is 0 Å². The molecule has 2 heterocycles. The first-order valence-corrected chi connectivity index (χ1v) is 13.4. The number of carbonyl (C=O) groups is 2. The van der Waals surface area contributed by atoms with Gasteiger partial charge < -0.3 is 20.1 Å². The quantitative estimate of drug-likeness (QED) is 0.389. The molecule has 5 rings (SSSR count). The summed E-state index contributed by atoms with van der Waals surface area (Å²) in [7, 11) is 0. The van der Waals surface area contributed by atoms with Gasteiger partial charge in [-0.1, -0.05) is 78.9 Å². The molecule has 0 bridgehead atoms. The minimum atomic E-state index is -0.883. The summed E-state index contributed by atoms with van der Waals surface area (Å²) in [5.74, 6) is -0.0703. The van der Waals surface area contributed by atoms with Gasteiger partial charge in [0.25, 0.3) is 0 Å². The van der Waals surface area contributed by atoms with Crippen molar-refractivity contribution in [1.29, 1.82) is 0 Å². The largest absolute Gasteiger partial charge is 0.478 e. The van der Waals surface area contributed by atoms with Crippen LogP contribution in [-0.2, 0) is 14.3 Å². The number of hydrogen-bond donors (Lipinski definition) is 2. The van der Waals surface area contributed by atoms with Crippen molar-refractivity contribution in [2.75, 3.05) is 29.9 Å². The number of carbonyl (C=O) groups excluding carboxylic acids is 1. The highest BCUT2D eigenvalue weighted by Gasteiger charge is 2.24. The van der Waals surface area contributed by atoms with E-state index in [1.165, 1.54) is 0 Å². The average molecular weight is 524 g/mol. The molecule has 39 heavy (non-hydrogen) atoms. The molecule has 2 aromatic carbocycles. The molecule has 0 saturated carbocycles. The third kappa shape index (κ3) is 6.81. The van der Waals surface area contributed by atoms with E-state index in [1.54, 1.807) is 18.3 Å². The molecule has 2 N–H and O–H groups in total. The molecule has 1 saturated heterocycles. The molecule has 1 aliphatic carbocycles. The summed E-state index contributed by atoms with van der Waals surface area (Å²) in [4.78, 5) is 31.5. The van der Waals surface area contributed by atoms with Crippen LogP contribution in [0.2, 0.25) is 0 Å². The van der Waals surface area contributed by atoms with E-state index in [4.69, 9.17) is 4.74 Å². The molecule has 1 atom stereocenters. The number of aromatic nitrogens is 1. The van der Waals surface area contributed by atoms with Gasteiger partial charge in [-0.2, -0.15) is 0 Å². The lowest BCUT2D eigenvalue weighted by molar-refractivity contribution is -0.133. The number of amides is 1. The molecular weight excluding hydrogens is 490 g/mol. The number of carboxylic acids is 1. The Morgan fingerprint density at radius 3 is 2.23 bits per heavy atom. The van der Waals surface area contributed by atoms with Gasteiger partial charge in [-0.25, -0.2) is 9.78 Å². The molecule has 7 heteroatoms. The van der Waals surface area contributed by atoms with Crippen LogP contribution < -0.4 is 10.2 Å². The van der Waals surface area contributed by atoms with Crippen molar-refractivity contribution < 1.29 is 19.4 Å². The van der Waals surface area contributed by atoms with E-state index in [-0.39, 0.29) is 12.0 Å². The van der Waals surface area contributed by atoms with Crippen molar-refractivity contribution in [1.82, 2.24) is 4.98 Å². The molecule has 0 radical (unpaired) electrons. The molecule has 1 fully saturated rings. The predicted octanol–water partition coefficient (Wildman–Crippen LogP) is 5.42. The zero-order valence-electron chi connectivity index (χ0n) is 21.8. The molecular formula is C32H33N3O4. The minimum Gasteiger partial charge on any atom is -0.478 e. The van der Waals surface area contributed by atoms with E-state index >= 15 is 0 Å². The van der Waals surface area contributed by atoms with Gasteiger partial charge in [-0.3, -0.25) is 4.79 Å². The van der Waals surface area contributed by atoms with Gasteiger partial charge in [0.05, 0.1) is 30.5 Å².